The first-order valence-electron chi connectivity index (χ1n) is 13.9. The van der Waals surface area contributed by atoms with Crippen molar-refractivity contribution in [1.29, 1.82) is 0 Å². The summed E-state index contributed by atoms with van der Waals surface area (Å²) >= 11 is 0. The van der Waals surface area contributed by atoms with Gasteiger partial charge in [0.05, 0.1) is 26.2 Å². The van der Waals surface area contributed by atoms with Crippen LogP contribution in [0.1, 0.15) is 53.0 Å². The first kappa shape index (κ1) is 28.0. The number of hydrogen-bond donors (Lipinski definition) is 1. The molecule has 3 aromatic carbocycles. The summed E-state index contributed by atoms with van der Waals surface area (Å²) in [6.45, 7) is 8.92. The fourth-order valence-corrected chi connectivity index (χ4v) is 5.77. The van der Waals surface area contributed by atoms with Gasteiger partial charge in [0.25, 0.3) is 0 Å². The van der Waals surface area contributed by atoms with E-state index in [9.17, 15) is 9.90 Å². The molecule has 212 valence electrons. The van der Waals surface area contributed by atoms with Gasteiger partial charge in [0, 0.05) is 24.7 Å². The maximum atomic E-state index is 11.4. The average molecular weight is 547 g/mol. The SMILES string of the molecule is COCCOCCOc1cc(C)c(-c2cccc(COc3ccc4c(c3)OC3(CC3)C4CC(=O)O)c2C)c(C)c1. The Kier molecular flexibility index (Phi) is 8.33. The van der Waals surface area contributed by atoms with E-state index in [4.69, 9.17) is 23.7 Å². The van der Waals surface area contributed by atoms with E-state index in [-0.39, 0.29) is 17.9 Å². The standard InChI is InChI=1S/C33H38O7/c1-21-16-26(38-15-14-37-13-12-36-4)17-22(2)32(21)27-7-5-6-24(23(27)3)20-39-25-8-9-28-29(19-31(34)35)33(10-11-33)40-30(28)18-25/h5-9,16-18,29H,10-15,19-20H2,1-4H3,(H,34,35). The fourth-order valence-electron chi connectivity index (χ4n) is 5.77. The van der Waals surface area contributed by atoms with Crippen LogP contribution in [0.4, 0.5) is 0 Å². The third-order valence-electron chi connectivity index (χ3n) is 7.97. The van der Waals surface area contributed by atoms with Crippen LogP contribution in [0.5, 0.6) is 17.2 Å². The van der Waals surface area contributed by atoms with Crippen LogP contribution in [0.3, 0.4) is 0 Å². The van der Waals surface area contributed by atoms with Crippen LogP contribution in [0.25, 0.3) is 11.1 Å². The predicted octanol–water partition coefficient (Wildman–Crippen LogP) is 6.38. The van der Waals surface area contributed by atoms with Crippen molar-refractivity contribution < 1.29 is 33.6 Å². The van der Waals surface area contributed by atoms with E-state index >= 15 is 0 Å². The lowest BCUT2D eigenvalue weighted by Crippen LogP contribution is -2.22. The van der Waals surface area contributed by atoms with Gasteiger partial charge in [-0.15, -0.1) is 0 Å². The first-order chi connectivity index (χ1) is 19.3. The van der Waals surface area contributed by atoms with Gasteiger partial charge in [-0.25, -0.2) is 0 Å². The second-order valence-electron chi connectivity index (χ2n) is 10.8. The van der Waals surface area contributed by atoms with E-state index in [1.165, 1.54) is 16.7 Å². The Morgan fingerprint density at radius 1 is 0.950 bits per heavy atom. The molecule has 1 atom stereocenters. The highest BCUT2D eigenvalue weighted by molar-refractivity contribution is 5.75. The summed E-state index contributed by atoms with van der Waals surface area (Å²) in [5.74, 6) is 1.42. The Morgan fingerprint density at radius 2 is 1.70 bits per heavy atom. The molecule has 0 radical (unpaired) electrons. The van der Waals surface area contributed by atoms with Crippen LogP contribution in [0.15, 0.2) is 48.5 Å². The monoisotopic (exact) mass is 546 g/mol. The predicted molar refractivity (Wildman–Crippen MR) is 153 cm³/mol. The topological polar surface area (TPSA) is 83.5 Å². The molecular weight excluding hydrogens is 508 g/mol. The zero-order chi connectivity index (χ0) is 28.3. The smallest absolute Gasteiger partial charge is 0.304 e. The van der Waals surface area contributed by atoms with Crippen molar-refractivity contribution in [3.63, 3.8) is 0 Å². The van der Waals surface area contributed by atoms with Crippen molar-refractivity contribution in [3.05, 3.63) is 76.3 Å². The molecule has 1 fully saturated rings. The van der Waals surface area contributed by atoms with Gasteiger partial charge in [0.1, 0.15) is 36.1 Å². The molecule has 1 spiro atoms. The first-order valence-corrected chi connectivity index (χ1v) is 13.9. The summed E-state index contributed by atoms with van der Waals surface area (Å²) in [4.78, 5) is 11.4. The highest BCUT2D eigenvalue weighted by atomic mass is 16.5. The number of carboxylic acid groups (broad SMARTS) is 1. The molecular formula is C33H38O7. The van der Waals surface area contributed by atoms with E-state index < -0.39 is 5.97 Å². The summed E-state index contributed by atoms with van der Waals surface area (Å²) < 4.78 is 28.9. The molecule has 1 unspecified atom stereocenters. The Hall–Kier alpha value is -3.55. The number of ether oxygens (including phenoxy) is 5. The molecule has 0 aromatic heterocycles. The van der Waals surface area contributed by atoms with E-state index in [2.05, 4.69) is 51.1 Å². The molecule has 1 saturated carbocycles. The number of fused-ring (bicyclic) bond motifs is 1. The lowest BCUT2D eigenvalue weighted by molar-refractivity contribution is -0.138. The molecule has 5 rings (SSSR count). The van der Waals surface area contributed by atoms with Crippen LogP contribution < -0.4 is 14.2 Å². The molecule has 2 aliphatic rings. The van der Waals surface area contributed by atoms with E-state index in [1.54, 1.807) is 7.11 Å². The number of aliphatic carboxylic acids is 1. The summed E-state index contributed by atoms with van der Waals surface area (Å²) in [6.07, 6.45) is 1.89. The molecule has 7 heteroatoms. The maximum absolute atomic E-state index is 11.4. The average Bonchev–Trinajstić information content (AvgIpc) is 3.63. The van der Waals surface area contributed by atoms with Gasteiger partial charge in [-0.3, -0.25) is 4.79 Å². The van der Waals surface area contributed by atoms with E-state index in [0.29, 0.717) is 33.0 Å². The molecule has 3 aromatic rings. The second kappa shape index (κ2) is 11.9. The van der Waals surface area contributed by atoms with Gasteiger partial charge in [-0.1, -0.05) is 24.3 Å². The lowest BCUT2D eigenvalue weighted by Gasteiger charge is -2.18. The second-order valence-corrected chi connectivity index (χ2v) is 10.8. The van der Waals surface area contributed by atoms with Crippen LogP contribution in [0, 0.1) is 20.8 Å². The minimum absolute atomic E-state index is 0.0917. The molecule has 0 saturated heterocycles. The summed E-state index contributed by atoms with van der Waals surface area (Å²) in [7, 11) is 1.66. The molecule has 1 aliphatic carbocycles. The number of benzene rings is 3. The number of rotatable bonds is 13. The van der Waals surface area contributed by atoms with Crippen molar-refractivity contribution in [2.75, 3.05) is 33.5 Å². The van der Waals surface area contributed by atoms with Crippen molar-refractivity contribution >= 4 is 5.97 Å². The molecule has 1 N–H and O–H groups in total. The fraction of sp³-hybridized carbons (Fsp3) is 0.424. The summed E-state index contributed by atoms with van der Waals surface area (Å²) in [5, 5.41) is 9.38. The van der Waals surface area contributed by atoms with Crippen molar-refractivity contribution in [2.24, 2.45) is 0 Å². The molecule has 1 aliphatic heterocycles. The van der Waals surface area contributed by atoms with Gasteiger partial charge in [0.15, 0.2) is 0 Å². The van der Waals surface area contributed by atoms with Gasteiger partial charge in [-0.05, 0) is 85.2 Å². The highest BCUT2D eigenvalue weighted by Crippen LogP contribution is 2.59. The van der Waals surface area contributed by atoms with Crippen LogP contribution in [-0.2, 0) is 20.9 Å². The Bertz CT molecular complexity index is 1350. The minimum atomic E-state index is -0.792. The number of aryl methyl sites for hydroxylation is 2. The zero-order valence-electron chi connectivity index (χ0n) is 23.7. The van der Waals surface area contributed by atoms with Crippen molar-refractivity contribution in [1.82, 2.24) is 0 Å². The molecule has 0 bridgehead atoms. The Balaban J connectivity index is 1.26. The third-order valence-corrected chi connectivity index (χ3v) is 7.97. The van der Waals surface area contributed by atoms with Gasteiger partial charge in [-0.2, -0.15) is 0 Å². The zero-order valence-corrected chi connectivity index (χ0v) is 23.7. The normalized spacial score (nSPS) is 16.4. The number of carboxylic acids is 1. The van der Waals surface area contributed by atoms with Crippen molar-refractivity contribution in [2.45, 2.75) is 58.2 Å². The summed E-state index contributed by atoms with van der Waals surface area (Å²) in [5.41, 5.74) is 7.59. The lowest BCUT2D eigenvalue weighted by atomic mass is 9.90. The van der Waals surface area contributed by atoms with Gasteiger partial charge < -0.3 is 28.8 Å². The minimum Gasteiger partial charge on any atom is -0.491 e. The number of methoxy groups -OCH3 is 1. The van der Waals surface area contributed by atoms with Crippen molar-refractivity contribution in [3.8, 4) is 28.4 Å². The quantitative estimate of drug-likeness (QED) is 0.249. The molecule has 40 heavy (non-hydrogen) atoms. The van der Waals surface area contributed by atoms with Crippen LogP contribution in [-0.4, -0.2) is 50.2 Å². The molecule has 1 heterocycles. The van der Waals surface area contributed by atoms with E-state index in [1.807, 2.05) is 18.2 Å². The Labute approximate surface area is 236 Å². The molecule has 7 nitrogen and oxygen atoms in total. The third kappa shape index (κ3) is 5.96. The van der Waals surface area contributed by atoms with Gasteiger partial charge in [0.2, 0.25) is 0 Å². The maximum Gasteiger partial charge on any atom is 0.304 e. The highest BCUT2D eigenvalue weighted by Gasteiger charge is 2.57. The largest absolute Gasteiger partial charge is 0.491 e. The van der Waals surface area contributed by atoms with E-state index in [0.717, 1.165) is 52.3 Å². The summed E-state index contributed by atoms with van der Waals surface area (Å²) in [6, 6.07) is 16.3. The van der Waals surface area contributed by atoms with Crippen LogP contribution in [0.2, 0.25) is 0 Å². The molecule has 0 amide bonds. The van der Waals surface area contributed by atoms with Gasteiger partial charge >= 0.3 is 5.97 Å². The Morgan fingerprint density at radius 3 is 2.40 bits per heavy atom. The van der Waals surface area contributed by atoms with Crippen LogP contribution >= 0.6 is 0 Å². The number of hydrogen-bond acceptors (Lipinski definition) is 6. The number of carbonyl (C=O) groups is 1.